The third-order valence-corrected chi connectivity index (χ3v) is 5.23. The van der Waals surface area contributed by atoms with Crippen molar-refractivity contribution in [2.24, 2.45) is 7.05 Å². The van der Waals surface area contributed by atoms with Crippen molar-refractivity contribution in [3.63, 3.8) is 0 Å². The van der Waals surface area contributed by atoms with Gasteiger partial charge in [0.1, 0.15) is 0 Å². The quantitative estimate of drug-likeness (QED) is 0.541. The molecule has 2 aromatic heterocycles. The van der Waals surface area contributed by atoms with Crippen LogP contribution in [0.3, 0.4) is 0 Å². The van der Waals surface area contributed by atoms with E-state index in [1.807, 2.05) is 30.3 Å². The predicted octanol–water partition coefficient (Wildman–Crippen LogP) is 3.95. The first kappa shape index (κ1) is 18.4. The Morgan fingerprint density at radius 2 is 1.93 bits per heavy atom. The fraction of sp³-hybridized carbons (Fsp3) is 0.136. The van der Waals surface area contributed by atoms with E-state index in [0.29, 0.717) is 45.4 Å². The summed E-state index contributed by atoms with van der Waals surface area (Å²) < 4.78 is 12.4. The summed E-state index contributed by atoms with van der Waals surface area (Å²) in [5.74, 6) is 1.19. The van der Waals surface area contributed by atoms with Gasteiger partial charge in [0, 0.05) is 24.2 Å². The molecule has 0 bridgehead atoms. The zero-order valence-corrected chi connectivity index (χ0v) is 16.8. The smallest absolute Gasteiger partial charge is 0.252 e. The van der Waals surface area contributed by atoms with Crippen molar-refractivity contribution in [3.8, 4) is 22.8 Å². The molecular formula is C22H17ClN4O3. The van der Waals surface area contributed by atoms with Crippen LogP contribution in [0.25, 0.3) is 22.3 Å². The second-order valence-electron chi connectivity index (χ2n) is 6.94. The Morgan fingerprint density at radius 1 is 1.13 bits per heavy atom. The number of nitrogens with zero attached hydrogens (tertiary/aromatic N) is 3. The van der Waals surface area contributed by atoms with Crippen LogP contribution in [0.15, 0.2) is 54.7 Å². The highest BCUT2D eigenvalue weighted by atomic mass is 35.5. The fourth-order valence-electron chi connectivity index (χ4n) is 3.40. The van der Waals surface area contributed by atoms with Gasteiger partial charge in [0.25, 0.3) is 5.91 Å². The van der Waals surface area contributed by atoms with Gasteiger partial charge in [0.2, 0.25) is 6.79 Å². The Hall–Kier alpha value is -3.58. The number of halogens is 1. The minimum Gasteiger partial charge on any atom is -0.454 e. The molecule has 150 valence electrons. The Balaban J connectivity index is 1.46. The molecule has 7 nitrogen and oxygen atoms in total. The number of pyridine rings is 1. The standard InChI is InChI=1S/C22H17ClN4O3/c1-27-21-17(11-25-27)16(9-18(26-21)14-3-5-15(23)6-4-14)22(28)24-10-13-2-7-19-20(8-13)30-12-29-19/h2-9,11H,10,12H2,1H3,(H,24,28). The van der Waals surface area contributed by atoms with E-state index in [-0.39, 0.29) is 12.7 Å². The fourth-order valence-corrected chi connectivity index (χ4v) is 3.53. The second kappa shape index (κ2) is 7.35. The van der Waals surface area contributed by atoms with Crippen LogP contribution in [0.5, 0.6) is 11.5 Å². The minimum absolute atomic E-state index is 0.205. The minimum atomic E-state index is -0.205. The molecular weight excluding hydrogens is 404 g/mol. The average Bonchev–Trinajstić information content (AvgIpc) is 3.38. The third-order valence-electron chi connectivity index (χ3n) is 4.98. The number of aromatic nitrogens is 3. The van der Waals surface area contributed by atoms with Crippen LogP contribution in [0.1, 0.15) is 15.9 Å². The van der Waals surface area contributed by atoms with Crippen molar-refractivity contribution in [1.29, 1.82) is 0 Å². The van der Waals surface area contributed by atoms with E-state index in [1.54, 1.807) is 36.1 Å². The number of carbonyl (C=O) groups is 1. The van der Waals surface area contributed by atoms with Crippen LogP contribution < -0.4 is 14.8 Å². The molecule has 0 saturated carbocycles. The van der Waals surface area contributed by atoms with Crippen LogP contribution in [0.4, 0.5) is 0 Å². The highest BCUT2D eigenvalue weighted by molar-refractivity contribution is 6.30. The summed E-state index contributed by atoms with van der Waals surface area (Å²) in [5.41, 5.74) is 3.61. The second-order valence-corrected chi connectivity index (χ2v) is 7.37. The van der Waals surface area contributed by atoms with E-state index in [9.17, 15) is 4.79 Å². The maximum absolute atomic E-state index is 13.1. The molecule has 0 spiro atoms. The first-order valence-electron chi connectivity index (χ1n) is 9.34. The summed E-state index contributed by atoms with van der Waals surface area (Å²) in [6.45, 7) is 0.574. The van der Waals surface area contributed by atoms with Gasteiger partial charge in [-0.3, -0.25) is 9.48 Å². The Kier molecular flexibility index (Phi) is 4.52. The lowest BCUT2D eigenvalue weighted by molar-refractivity contribution is 0.0952. The molecule has 0 atom stereocenters. The van der Waals surface area contributed by atoms with E-state index in [4.69, 9.17) is 21.1 Å². The summed E-state index contributed by atoms with van der Waals surface area (Å²) in [5, 5.41) is 8.58. The number of hydrogen-bond donors (Lipinski definition) is 1. The lowest BCUT2D eigenvalue weighted by Crippen LogP contribution is -2.23. The van der Waals surface area contributed by atoms with Gasteiger partial charge >= 0.3 is 0 Å². The van der Waals surface area contributed by atoms with Crippen molar-refractivity contribution in [2.75, 3.05) is 6.79 Å². The number of hydrogen-bond acceptors (Lipinski definition) is 5. The number of fused-ring (bicyclic) bond motifs is 2. The van der Waals surface area contributed by atoms with E-state index in [1.165, 1.54) is 0 Å². The molecule has 1 aliphatic rings. The Bertz CT molecular complexity index is 1270. The average molecular weight is 421 g/mol. The molecule has 2 aromatic carbocycles. The van der Waals surface area contributed by atoms with Crippen LogP contribution >= 0.6 is 11.6 Å². The zero-order chi connectivity index (χ0) is 20.7. The summed E-state index contributed by atoms with van der Waals surface area (Å²) in [7, 11) is 1.80. The number of amides is 1. The zero-order valence-electron chi connectivity index (χ0n) is 16.1. The Morgan fingerprint density at radius 3 is 2.77 bits per heavy atom. The summed E-state index contributed by atoms with van der Waals surface area (Å²) in [6.07, 6.45) is 1.66. The van der Waals surface area contributed by atoms with Crippen molar-refractivity contribution < 1.29 is 14.3 Å². The molecule has 0 radical (unpaired) electrons. The summed E-state index contributed by atoms with van der Waals surface area (Å²) >= 11 is 6.00. The van der Waals surface area contributed by atoms with E-state index < -0.39 is 0 Å². The van der Waals surface area contributed by atoms with Crippen LogP contribution in [-0.4, -0.2) is 27.5 Å². The molecule has 0 saturated heterocycles. The normalized spacial score (nSPS) is 12.3. The van der Waals surface area contributed by atoms with Gasteiger partial charge in [-0.05, 0) is 35.9 Å². The number of carbonyl (C=O) groups excluding carboxylic acids is 1. The molecule has 4 aromatic rings. The van der Waals surface area contributed by atoms with Gasteiger partial charge in [-0.25, -0.2) is 4.98 Å². The molecule has 1 aliphatic heterocycles. The van der Waals surface area contributed by atoms with Gasteiger partial charge in [0.15, 0.2) is 17.1 Å². The van der Waals surface area contributed by atoms with Gasteiger partial charge in [-0.15, -0.1) is 0 Å². The molecule has 0 fully saturated rings. The highest BCUT2D eigenvalue weighted by Crippen LogP contribution is 2.32. The number of aryl methyl sites for hydroxylation is 1. The number of benzene rings is 2. The lowest BCUT2D eigenvalue weighted by atomic mass is 10.1. The molecule has 8 heteroatoms. The highest BCUT2D eigenvalue weighted by Gasteiger charge is 2.18. The van der Waals surface area contributed by atoms with Crippen LogP contribution in [0, 0.1) is 0 Å². The summed E-state index contributed by atoms with van der Waals surface area (Å²) in [4.78, 5) is 17.7. The maximum Gasteiger partial charge on any atom is 0.252 e. The van der Waals surface area contributed by atoms with E-state index >= 15 is 0 Å². The first-order chi connectivity index (χ1) is 14.6. The molecule has 0 unspecified atom stereocenters. The summed E-state index contributed by atoms with van der Waals surface area (Å²) in [6, 6.07) is 14.7. The molecule has 5 rings (SSSR count). The molecule has 1 amide bonds. The molecule has 0 aliphatic carbocycles. The lowest BCUT2D eigenvalue weighted by Gasteiger charge is -2.10. The van der Waals surface area contributed by atoms with Crippen molar-refractivity contribution in [1.82, 2.24) is 20.1 Å². The third kappa shape index (κ3) is 3.33. The molecule has 1 N–H and O–H groups in total. The van der Waals surface area contributed by atoms with E-state index in [2.05, 4.69) is 15.4 Å². The largest absolute Gasteiger partial charge is 0.454 e. The SMILES string of the molecule is Cn1ncc2c(C(=O)NCc3ccc4c(c3)OCO4)cc(-c3ccc(Cl)cc3)nc21. The van der Waals surface area contributed by atoms with Gasteiger partial charge in [-0.2, -0.15) is 5.10 Å². The Labute approximate surface area is 177 Å². The van der Waals surface area contributed by atoms with E-state index in [0.717, 1.165) is 11.1 Å². The van der Waals surface area contributed by atoms with Gasteiger partial charge in [-0.1, -0.05) is 29.8 Å². The monoisotopic (exact) mass is 420 g/mol. The van der Waals surface area contributed by atoms with Gasteiger partial charge < -0.3 is 14.8 Å². The van der Waals surface area contributed by atoms with Crippen molar-refractivity contribution in [3.05, 3.63) is 70.9 Å². The number of rotatable bonds is 4. The maximum atomic E-state index is 13.1. The van der Waals surface area contributed by atoms with Gasteiger partial charge in [0.05, 0.1) is 22.8 Å². The molecule has 30 heavy (non-hydrogen) atoms. The van der Waals surface area contributed by atoms with Crippen LogP contribution in [0.2, 0.25) is 5.02 Å². The van der Waals surface area contributed by atoms with Crippen molar-refractivity contribution in [2.45, 2.75) is 6.54 Å². The first-order valence-corrected chi connectivity index (χ1v) is 9.72. The van der Waals surface area contributed by atoms with Crippen LogP contribution in [-0.2, 0) is 13.6 Å². The van der Waals surface area contributed by atoms with Crippen molar-refractivity contribution >= 4 is 28.5 Å². The molecule has 3 heterocycles. The topological polar surface area (TPSA) is 78.3 Å². The number of ether oxygens (including phenoxy) is 2. The number of nitrogens with one attached hydrogen (secondary N) is 1. The predicted molar refractivity (Wildman–Crippen MR) is 113 cm³/mol.